The molecule has 154 valence electrons. The Morgan fingerprint density at radius 1 is 1.10 bits per heavy atom. The number of non-ortho nitro benzene ring substituents is 1. The van der Waals surface area contributed by atoms with Gasteiger partial charge in [-0.2, -0.15) is 0 Å². The number of morpholine rings is 1. The number of ether oxygens (including phenoxy) is 1. The fourth-order valence-electron chi connectivity index (χ4n) is 3.68. The summed E-state index contributed by atoms with van der Waals surface area (Å²) in [5, 5.41) is 10.9. The molecule has 0 N–H and O–H groups in total. The van der Waals surface area contributed by atoms with E-state index in [-0.39, 0.29) is 17.9 Å². The lowest BCUT2D eigenvalue weighted by Crippen LogP contribution is -2.43. The second-order valence-electron chi connectivity index (χ2n) is 7.45. The molecule has 3 aromatic rings. The highest BCUT2D eigenvalue weighted by atomic mass is 16.6. The lowest BCUT2D eigenvalue weighted by molar-refractivity contribution is -0.384. The number of anilines is 1. The quantitative estimate of drug-likeness (QED) is 0.457. The molecule has 2 heterocycles. The third kappa shape index (κ3) is 4.31. The summed E-state index contributed by atoms with van der Waals surface area (Å²) in [6.45, 7) is 5.57. The summed E-state index contributed by atoms with van der Waals surface area (Å²) in [5.74, 6) is 1.43. The molecule has 2 aromatic carbocycles. The number of benzene rings is 2. The monoisotopic (exact) mass is 404 g/mol. The lowest BCUT2D eigenvalue weighted by atomic mass is 10.1. The molecule has 1 saturated heterocycles. The van der Waals surface area contributed by atoms with Crippen molar-refractivity contribution in [2.24, 2.45) is 0 Å². The third-order valence-corrected chi connectivity index (χ3v) is 5.22. The van der Waals surface area contributed by atoms with Crippen LogP contribution in [0.4, 0.5) is 11.5 Å². The van der Waals surface area contributed by atoms with Crippen molar-refractivity contribution in [3.05, 3.63) is 82.0 Å². The van der Waals surface area contributed by atoms with E-state index in [1.807, 2.05) is 24.3 Å². The predicted octanol–water partition coefficient (Wildman–Crippen LogP) is 4.58. The van der Waals surface area contributed by atoms with Gasteiger partial charge in [-0.3, -0.25) is 10.1 Å². The van der Waals surface area contributed by atoms with E-state index in [9.17, 15) is 10.1 Å². The molecule has 7 nitrogen and oxygen atoms in total. The first-order valence-corrected chi connectivity index (χ1v) is 10.1. The van der Waals surface area contributed by atoms with Crippen LogP contribution in [0.2, 0.25) is 0 Å². The van der Waals surface area contributed by atoms with Crippen molar-refractivity contribution in [1.29, 1.82) is 0 Å². The Balaban J connectivity index is 1.66. The van der Waals surface area contributed by atoms with Gasteiger partial charge in [-0.15, -0.1) is 0 Å². The minimum absolute atomic E-state index is 0.0298. The van der Waals surface area contributed by atoms with Gasteiger partial charge in [0, 0.05) is 42.5 Å². The molecule has 0 amide bonds. The van der Waals surface area contributed by atoms with Gasteiger partial charge in [-0.25, -0.2) is 9.97 Å². The van der Waals surface area contributed by atoms with Crippen LogP contribution in [0, 0.1) is 10.1 Å². The van der Waals surface area contributed by atoms with Crippen LogP contribution in [0.5, 0.6) is 0 Å². The van der Waals surface area contributed by atoms with Crippen molar-refractivity contribution in [2.75, 3.05) is 18.0 Å². The number of hydrogen-bond acceptors (Lipinski definition) is 6. The second-order valence-corrected chi connectivity index (χ2v) is 7.45. The van der Waals surface area contributed by atoms with Crippen LogP contribution in [0.1, 0.15) is 31.2 Å². The van der Waals surface area contributed by atoms with E-state index in [1.165, 1.54) is 12.1 Å². The Morgan fingerprint density at radius 3 is 2.50 bits per heavy atom. The van der Waals surface area contributed by atoms with Gasteiger partial charge in [-0.1, -0.05) is 37.3 Å². The average molecular weight is 404 g/mol. The van der Waals surface area contributed by atoms with Crippen LogP contribution in [0.3, 0.4) is 0 Å². The van der Waals surface area contributed by atoms with E-state index in [1.54, 1.807) is 12.1 Å². The van der Waals surface area contributed by atoms with Crippen LogP contribution >= 0.6 is 0 Å². The first-order chi connectivity index (χ1) is 14.5. The summed E-state index contributed by atoms with van der Waals surface area (Å²) in [7, 11) is 0. The molecule has 0 aliphatic carbocycles. The molecule has 1 aliphatic heterocycles. The van der Waals surface area contributed by atoms with Crippen LogP contribution in [-0.2, 0) is 11.2 Å². The summed E-state index contributed by atoms with van der Waals surface area (Å²) < 4.78 is 6.18. The predicted molar refractivity (Wildman–Crippen MR) is 115 cm³/mol. The topological polar surface area (TPSA) is 81.4 Å². The molecule has 1 aliphatic rings. The highest BCUT2D eigenvalue weighted by molar-refractivity contribution is 5.60. The smallest absolute Gasteiger partial charge is 0.269 e. The van der Waals surface area contributed by atoms with Crippen molar-refractivity contribution in [1.82, 2.24) is 9.97 Å². The molecule has 2 atom stereocenters. The molecule has 0 spiro atoms. The van der Waals surface area contributed by atoms with Crippen LogP contribution in [0.15, 0.2) is 60.7 Å². The Kier molecular flexibility index (Phi) is 5.72. The fraction of sp³-hybridized carbons (Fsp3) is 0.304. The van der Waals surface area contributed by atoms with Crippen molar-refractivity contribution >= 4 is 11.5 Å². The van der Waals surface area contributed by atoms with Gasteiger partial charge in [0.1, 0.15) is 11.9 Å². The minimum atomic E-state index is -0.405. The number of nitrogens with zero attached hydrogens (tertiary/aromatic N) is 4. The van der Waals surface area contributed by atoms with Crippen molar-refractivity contribution < 1.29 is 9.66 Å². The molecule has 0 radical (unpaired) electrons. The maximum atomic E-state index is 10.9. The number of aromatic nitrogens is 2. The van der Waals surface area contributed by atoms with Crippen molar-refractivity contribution in [2.45, 2.75) is 32.5 Å². The largest absolute Gasteiger partial charge is 0.367 e. The molecule has 0 saturated carbocycles. The molecule has 4 rings (SSSR count). The summed E-state index contributed by atoms with van der Waals surface area (Å²) >= 11 is 0. The van der Waals surface area contributed by atoms with E-state index in [0.29, 0.717) is 12.4 Å². The average Bonchev–Trinajstić information content (AvgIpc) is 2.79. The zero-order chi connectivity index (χ0) is 21.1. The Labute approximate surface area is 175 Å². The molecule has 30 heavy (non-hydrogen) atoms. The van der Waals surface area contributed by atoms with Crippen LogP contribution in [-0.4, -0.2) is 34.1 Å². The number of hydrogen-bond donors (Lipinski definition) is 0. The lowest BCUT2D eigenvalue weighted by Gasteiger charge is -2.38. The highest BCUT2D eigenvalue weighted by Crippen LogP contribution is 2.29. The van der Waals surface area contributed by atoms with Crippen molar-refractivity contribution in [3.63, 3.8) is 0 Å². The maximum absolute atomic E-state index is 10.9. The summed E-state index contributed by atoms with van der Waals surface area (Å²) in [6.07, 6.45) is 0.807. The standard InChI is InChI=1S/C23H24N4O3/c1-3-19-13-22(25-23(24-19)18-9-11-20(12-10-18)27(28)29)26-14-16(2)30-21(15-26)17-7-5-4-6-8-17/h4-13,16,21H,3,14-15H2,1-2H3. The molecule has 2 unspecified atom stereocenters. The van der Waals surface area contributed by atoms with E-state index in [0.717, 1.165) is 35.6 Å². The van der Waals surface area contributed by atoms with Gasteiger partial charge in [0.2, 0.25) is 0 Å². The van der Waals surface area contributed by atoms with Gasteiger partial charge < -0.3 is 9.64 Å². The molecule has 7 heteroatoms. The number of nitro groups is 1. The summed E-state index contributed by atoms with van der Waals surface area (Å²) in [6, 6.07) is 18.6. The first-order valence-electron chi connectivity index (χ1n) is 10.1. The van der Waals surface area contributed by atoms with Gasteiger partial charge >= 0.3 is 0 Å². The summed E-state index contributed by atoms with van der Waals surface area (Å²) in [4.78, 5) is 22.2. The Hall–Kier alpha value is -3.32. The third-order valence-electron chi connectivity index (χ3n) is 5.22. The van der Waals surface area contributed by atoms with Gasteiger partial charge in [0.15, 0.2) is 5.82 Å². The van der Waals surface area contributed by atoms with Crippen LogP contribution < -0.4 is 4.90 Å². The zero-order valence-corrected chi connectivity index (χ0v) is 17.1. The Bertz CT molecular complexity index is 1020. The van der Waals surface area contributed by atoms with Gasteiger partial charge in [0.05, 0.1) is 11.0 Å². The normalized spacial score (nSPS) is 18.9. The number of rotatable bonds is 5. The van der Waals surface area contributed by atoms with Crippen LogP contribution in [0.25, 0.3) is 11.4 Å². The van der Waals surface area contributed by atoms with E-state index in [4.69, 9.17) is 9.72 Å². The summed E-state index contributed by atoms with van der Waals surface area (Å²) in [5.41, 5.74) is 2.90. The van der Waals surface area contributed by atoms with E-state index < -0.39 is 4.92 Å². The number of aryl methyl sites for hydroxylation is 1. The zero-order valence-electron chi connectivity index (χ0n) is 17.1. The Morgan fingerprint density at radius 2 is 1.83 bits per heavy atom. The van der Waals surface area contributed by atoms with Crippen molar-refractivity contribution in [3.8, 4) is 11.4 Å². The number of nitro benzene ring substituents is 1. The maximum Gasteiger partial charge on any atom is 0.269 e. The SMILES string of the molecule is CCc1cc(N2CC(C)OC(c3ccccc3)C2)nc(-c2ccc([N+](=O)[O-])cc2)n1. The fourth-order valence-corrected chi connectivity index (χ4v) is 3.68. The highest BCUT2D eigenvalue weighted by Gasteiger charge is 2.28. The second kappa shape index (κ2) is 8.59. The first kappa shape index (κ1) is 20.0. The van der Waals surface area contributed by atoms with Gasteiger partial charge in [0.25, 0.3) is 5.69 Å². The molecular formula is C23H24N4O3. The molecule has 1 aromatic heterocycles. The minimum Gasteiger partial charge on any atom is -0.367 e. The van der Waals surface area contributed by atoms with E-state index in [2.05, 4.69) is 35.9 Å². The molecule has 0 bridgehead atoms. The molecular weight excluding hydrogens is 380 g/mol. The van der Waals surface area contributed by atoms with E-state index >= 15 is 0 Å². The molecule has 1 fully saturated rings. The van der Waals surface area contributed by atoms with Gasteiger partial charge in [-0.05, 0) is 31.0 Å².